The number of aromatic nitrogens is 1. The molecule has 0 spiro atoms. The van der Waals surface area contributed by atoms with Crippen molar-refractivity contribution in [2.75, 3.05) is 25.5 Å². The van der Waals surface area contributed by atoms with Gasteiger partial charge in [-0.3, -0.25) is 9.78 Å². The van der Waals surface area contributed by atoms with Crippen LogP contribution in [0.1, 0.15) is 49.4 Å². The summed E-state index contributed by atoms with van der Waals surface area (Å²) in [7, 11) is 7.62. The van der Waals surface area contributed by atoms with Gasteiger partial charge in [-0.05, 0) is 42.7 Å². The van der Waals surface area contributed by atoms with E-state index in [1.54, 1.807) is 25.0 Å². The molecule has 4 rings (SSSR count). The van der Waals surface area contributed by atoms with Crippen LogP contribution in [-0.2, 0) is 15.1 Å². The molecule has 34 heavy (non-hydrogen) atoms. The molecule has 0 unspecified atom stereocenters. The second kappa shape index (κ2) is 9.29. The summed E-state index contributed by atoms with van der Waals surface area (Å²) in [5.41, 5.74) is 1.17. The lowest BCUT2D eigenvalue weighted by molar-refractivity contribution is -0.129. The van der Waals surface area contributed by atoms with Gasteiger partial charge in [-0.15, -0.1) is 0 Å². The van der Waals surface area contributed by atoms with Gasteiger partial charge in [0.15, 0.2) is 0 Å². The zero-order valence-corrected chi connectivity index (χ0v) is 19.2. The Morgan fingerprint density at radius 2 is 1.97 bits per heavy atom. The number of ether oxygens (including phenoxy) is 1. The molecule has 1 aliphatic heterocycles. The Balaban J connectivity index is 1.74. The average Bonchev–Trinajstić information content (AvgIpc) is 3.25. The van der Waals surface area contributed by atoms with Gasteiger partial charge in [0, 0.05) is 37.2 Å². The number of pyridine rings is 1. The van der Waals surface area contributed by atoms with E-state index in [-0.39, 0.29) is 17.1 Å². The highest BCUT2D eigenvalue weighted by atomic mass is 19.3. The Bertz CT molecular complexity index is 1240. The van der Waals surface area contributed by atoms with E-state index in [1.165, 1.54) is 19.1 Å². The van der Waals surface area contributed by atoms with E-state index in [4.69, 9.17) is 12.6 Å². The number of rotatable bonds is 6. The molecular formula is C25H25BF3N3O2. The second-order valence-corrected chi connectivity index (χ2v) is 8.63. The number of nitrogens with zero attached hydrogens (tertiary/aromatic N) is 2. The molecule has 5 nitrogen and oxygen atoms in total. The molecule has 1 fully saturated rings. The Kier molecular flexibility index (Phi) is 6.58. The van der Waals surface area contributed by atoms with Crippen molar-refractivity contribution in [3.05, 3.63) is 65.0 Å². The molecule has 1 saturated heterocycles. The fraction of sp³-hybridized carbons (Fsp3) is 0.360. The number of anilines is 1. The minimum atomic E-state index is -2.90. The molecule has 176 valence electrons. The summed E-state index contributed by atoms with van der Waals surface area (Å²) in [4.78, 5) is 18.0. The van der Waals surface area contributed by atoms with Crippen molar-refractivity contribution in [2.24, 2.45) is 0 Å². The zero-order chi connectivity index (χ0) is 24.6. The number of alkyl halides is 2. The number of methoxy groups -OCH3 is 1. The lowest BCUT2D eigenvalue weighted by Crippen LogP contribution is -2.34. The maximum atomic E-state index is 14.7. The van der Waals surface area contributed by atoms with Crippen LogP contribution >= 0.6 is 0 Å². The maximum absolute atomic E-state index is 14.7. The molecule has 0 aliphatic carbocycles. The van der Waals surface area contributed by atoms with Crippen molar-refractivity contribution < 1.29 is 22.7 Å². The molecule has 1 aromatic heterocycles. The largest absolute Gasteiger partial charge is 0.378 e. The summed E-state index contributed by atoms with van der Waals surface area (Å²) in [6, 6.07) is 10.6. The molecule has 1 amide bonds. The third kappa shape index (κ3) is 4.36. The molecule has 2 heterocycles. The Labute approximate surface area is 197 Å². The van der Waals surface area contributed by atoms with Crippen LogP contribution in [0.4, 0.5) is 18.9 Å². The number of fused-ring (bicyclic) bond motifs is 1. The van der Waals surface area contributed by atoms with Crippen molar-refractivity contribution >= 4 is 35.9 Å². The van der Waals surface area contributed by atoms with E-state index in [0.717, 1.165) is 17.0 Å². The van der Waals surface area contributed by atoms with Gasteiger partial charge in [0.25, 0.3) is 6.43 Å². The Morgan fingerprint density at radius 1 is 1.24 bits per heavy atom. The molecule has 2 radical (unpaired) electrons. The predicted molar refractivity (Wildman–Crippen MR) is 126 cm³/mol. The molecular weight excluding hydrogens is 442 g/mol. The molecule has 1 aliphatic rings. The van der Waals surface area contributed by atoms with Gasteiger partial charge < -0.3 is 15.0 Å². The predicted octanol–water partition coefficient (Wildman–Crippen LogP) is 4.37. The van der Waals surface area contributed by atoms with Gasteiger partial charge >= 0.3 is 0 Å². The van der Waals surface area contributed by atoms with Gasteiger partial charge in [-0.25, -0.2) is 13.2 Å². The monoisotopic (exact) mass is 467 g/mol. The third-order valence-corrected chi connectivity index (χ3v) is 6.55. The standard InChI is InChI=1S/C25H25BF3N3O2/c1-14(17-5-4-6-18(23(17)27)24(28)29)30-21-12-22(26)31-20-8-7-16(11-19(20)21)25(34-3)9-10-32(13-25)15(2)33/h4-8,11-12,14,24H,9-10,13H2,1-3H3,(H,30,31)/t14-,25-/m1/s1. The molecule has 0 bridgehead atoms. The van der Waals surface area contributed by atoms with Crippen LogP contribution in [0.5, 0.6) is 0 Å². The number of nitrogens with one attached hydrogen (secondary N) is 1. The first-order valence-electron chi connectivity index (χ1n) is 11.0. The maximum Gasteiger partial charge on any atom is 0.266 e. The molecule has 2 aromatic carbocycles. The van der Waals surface area contributed by atoms with E-state index < -0.39 is 29.4 Å². The topological polar surface area (TPSA) is 54.5 Å². The summed E-state index contributed by atoms with van der Waals surface area (Å²) >= 11 is 0. The van der Waals surface area contributed by atoms with Gasteiger partial charge in [0.1, 0.15) is 19.3 Å². The first-order valence-corrected chi connectivity index (χ1v) is 11.0. The summed E-state index contributed by atoms with van der Waals surface area (Å²) in [5, 5.41) is 3.94. The SMILES string of the molecule is [B]c1cc(N[C@H](C)c2cccc(C(F)F)c2F)c2cc([C@@]3(OC)CCN(C(C)=O)C3)ccc2n1. The fourth-order valence-corrected chi connectivity index (χ4v) is 4.60. The van der Waals surface area contributed by atoms with E-state index in [0.29, 0.717) is 30.7 Å². The van der Waals surface area contributed by atoms with Gasteiger partial charge in [-0.2, -0.15) is 0 Å². The Hall–Kier alpha value is -3.07. The normalized spacial score (nSPS) is 19.1. The van der Waals surface area contributed by atoms with Crippen molar-refractivity contribution in [1.29, 1.82) is 0 Å². The highest BCUT2D eigenvalue weighted by Crippen LogP contribution is 2.38. The number of likely N-dealkylation sites (tertiary alicyclic amines) is 1. The third-order valence-electron chi connectivity index (χ3n) is 6.55. The lowest BCUT2D eigenvalue weighted by Gasteiger charge is -2.29. The quantitative estimate of drug-likeness (QED) is 0.548. The van der Waals surface area contributed by atoms with Crippen LogP contribution in [0.2, 0.25) is 0 Å². The van der Waals surface area contributed by atoms with E-state index in [9.17, 15) is 18.0 Å². The van der Waals surface area contributed by atoms with Crippen LogP contribution in [-0.4, -0.2) is 43.8 Å². The van der Waals surface area contributed by atoms with Gasteiger partial charge in [0.05, 0.1) is 23.7 Å². The minimum Gasteiger partial charge on any atom is -0.378 e. The van der Waals surface area contributed by atoms with Crippen molar-refractivity contribution in [3.63, 3.8) is 0 Å². The average molecular weight is 467 g/mol. The summed E-state index contributed by atoms with van der Waals surface area (Å²) in [6.45, 7) is 4.24. The van der Waals surface area contributed by atoms with Crippen molar-refractivity contribution in [3.8, 4) is 0 Å². The zero-order valence-electron chi connectivity index (χ0n) is 19.2. The van der Waals surface area contributed by atoms with Crippen LogP contribution in [0.3, 0.4) is 0 Å². The van der Waals surface area contributed by atoms with Gasteiger partial charge in [-0.1, -0.05) is 24.3 Å². The number of carbonyl (C=O) groups is 1. The van der Waals surface area contributed by atoms with Crippen LogP contribution in [0.15, 0.2) is 42.5 Å². The summed E-state index contributed by atoms with van der Waals surface area (Å²) < 4.78 is 47.0. The van der Waals surface area contributed by atoms with Crippen LogP contribution in [0, 0.1) is 5.82 Å². The summed E-state index contributed by atoms with van der Waals surface area (Å²) in [5.74, 6) is -0.948. The smallest absolute Gasteiger partial charge is 0.266 e. The number of hydrogen-bond donors (Lipinski definition) is 1. The first kappa shape index (κ1) is 24.1. The van der Waals surface area contributed by atoms with Gasteiger partial charge in [0.2, 0.25) is 5.91 Å². The number of hydrogen-bond acceptors (Lipinski definition) is 4. The van der Waals surface area contributed by atoms with E-state index in [2.05, 4.69) is 10.3 Å². The highest BCUT2D eigenvalue weighted by molar-refractivity contribution is 6.31. The minimum absolute atomic E-state index is 0.0154. The second-order valence-electron chi connectivity index (χ2n) is 8.63. The fourth-order valence-electron chi connectivity index (χ4n) is 4.60. The number of carbonyl (C=O) groups excluding carboxylic acids is 1. The molecule has 1 N–H and O–H groups in total. The summed E-state index contributed by atoms with van der Waals surface area (Å²) in [6.07, 6.45) is -2.26. The van der Waals surface area contributed by atoms with Crippen molar-refractivity contribution in [1.82, 2.24) is 9.88 Å². The van der Waals surface area contributed by atoms with Crippen LogP contribution in [0.25, 0.3) is 10.9 Å². The van der Waals surface area contributed by atoms with E-state index in [1.807, 2.05) is 18.2 Å². The Morgan fingerprint density at radius 3 is 2.62 bits per heavy atom. The number of benzene rings is 2. The molecule has 0 saturated carbocycles. The van der Waals surface area contributed by atoms with Crippen molar-refractivity contribution in [2.45, 2.75) is 38.3 Å². The number of amides is 1. The van der Waals surface area contributed by atoms with E-state index >= 15 is 0 Å². The first-order chi connectivity index (χ1) is 16.1. The lowest BCUT2D eigenvalue weighted by atomic mass is 9.90. The highest BCUT2D eigenvalue weighted by Gasteiger charge is 2.41. The van der Waals surface area contributed by atoms with Crippen LogP contribution < -0.4 is 10.9 Å². The molecule has 3 aromatic rings. The number of halogens is 3. The molecule has 2 atom stereocenters. The molecule has 9 heteroatoms.